The fourth-order valence-electron chi connectivity index (χ4n) is 1.70. The van der Waals surface area contributed by atoms with Gasteiger partial charge in [-0.15, -0.1) is 0 Å². The van der Waals surface area contributed by atoms with Gasteiger partial charge in [-0.25, -0.2) is 0 Å². The summed E-state index contributed by atoms with van der Waals surface area (Å²) in [5.41, 5.74) is 1.25. The number of aliphatic hydroxyl groups excluding tert-OH is 1. The number of nitrogens with one attached hydrogen (secondary N) is 1. The van der Waals surface area contributed by atoms with E-state index in [0.29, 0.717) is 12.6 Å². The van der Waals surface area contributed by atoms with Crippen LogP contribution in [0.5, 0.6) is 5.75 Å². The van der Waals surface area contributed by atoms with Gasteiger partial charge in [-0.3, -0.25) is 0 Å². The second kappa shape index (κ2) is 8.46. The topological polar surface area (TPSA) is 41.5 Å². The van der Waals surface area contributed by atoms with E-state index in [1.165, 1.54) is 5.56 Å². The predicted molar refractivity (Wildman–Crippen MR) is 83.0 cm³/mol. The highest BCUT2D eigenvalue weighted by atomic mass is 32.2. The van der Waals surface area contributed by atoms with Gasteiger partial charge >= 0.3 is 0 Å². The average molecular weight is 283 g/mol. The van der Waals surface area contributed by atoms with Crippen molar-refractivity contribution < 1.29 is 9.84 Å². The monoisotopic (exact) mass is 283 g/mol. The minimum atomic E-state index is -0.275. The molecule has 0 aromatic heterocycles. The molecule has 0 spiro atoms. The molecular formula is C15H25NO2S. The second-order valence-corrected chi connectivity index (χ2v) is 6.03. The van der Waals surface area contributed by atoms with Gasteiger partial charge in [-0.1, -0.05) is 19.1 Å². The highest BCUT2D eigenvalue weighted by molar-refractivity contribution is 7.99. The molecule has 1 aromatic carbocycles. The first-order chi connectivity index (χ1) is 9.08. The zero-order valence-corrected chi connectivity index (χ0v) is 13.0. The first-order valence-electron chi connectivity index (χ1n) is 6.78. The minimum Gasteiger partial charge on any atom is -0.494 e. The Balaban J connectivity index is 2.58. The van der Waals surface area contributed by atoms with Crippen molar-refractivity contribution in [2.45, 2.75) is 38.2 Å². The Kier molecular flexibility index (Phi) is 7.28. The molecule has 3 unspecified atom stereocenters. The van der Waals surface area contributed by atoms with Crippen LogP contribution in [0, 0.1) is 0 Å². The van der Waals surface area contributed by atoms with Crippen molar-refractivity contribution >= 4 is 11.8 Å². The molecule has 2 N–H and O–H groups in total. The van der Waals surface area contributed by atoms with Crippen LogP contribution in [0.25, 0.3) is 0 Å². The normalized spacial score (nSPS) is 15.8. The minimum absolute atomic E-state index is 0.249. The molecule has 0 saturated carbocycles. The Morgan fingerprint density at radius 1 is 1.26 bits per heavy atom. The van der Waals surface area contributed by atoms with Crippen LogP contribution in [0.4, 0.5) is 0 Å². The molecule has 108 valence electrons. The van der Waals surface area contributed by atoms with Gasteiger partial charge in [0, 0.05) is 17.0 Å². The van der Waals surface area contributed by atoms with E-state index >= 15 is 0 Å². The lowest BCUT2D eigenvalue weighted by atomic mass is 10.1. The molecule has 0 aliphatic carbocycles. The number of thioether (sulfide) groups is 1. The van der Waals surface area contributed by atoms with Crippen molar-refractivity contribution in [3.8, 4) is 5.75 Å². The highest BCUT2D eigenvalue weighted by Crippen LogP contribution is 2.24. The maximum absolute atomic E-state index is 9.51. The third-order valence-electron chi connectivity index (χ3n) is 3.15. The van der Waals surface area contributed by atoms with Crippen LogP contribution in [0.3, 0.4) is 0 Å². The Hall–Kier alpha value is -0.710. The van der Waals surface area contributed by atoms with Crippen LogP contribution in [-0.2, 0) is 0 Å². The van der Waals surface area contributed by atoms with Crippen molar-refractivity contribution in [1.82, 2.24) is 5.32 Å². The second-order valence-electron chi connectivity index (χ2n) is 4.62. The highest BCUT2D eigenvalue weighted by Gasteiger charge is 2.14. The summed E-state index contributed by atoms with van der Waals surface area (Å²) in [6, 6.07) is 8.50. The molecule has 4 heteroatoms. The Morgan fingerprint density at radius 2 is 1.89 bits per heavy atom. The molecule has 0 bridgehead atoms. The van der Waals surface area contributed by atoms with E-state index in [4.69, 9.17) is 4.74 Å². The standard InChI is InChI=1S/C15H25NO2S/c1-5-18-14-8-6-13(7-9-14)15(16-4)10-19-12(3)11(2)17/h6-9,11-12,15-17H,5,10H2,1-4H3. The molecule has 0 radical (unpaired) electrons. The van der Waals surface area contributed by atoms with Crippen LogP contribution in [-0.4, -0.2) is 35.9 Å². The Labute approximate surface area is 120 Å². The van der Waals surface area contributed by atoms with Gasteiger partial charge in [-0.05, 0) is 38.6 Å². The lowest BCUT2D eigenvalue weighted by Crippen LogP contribution is -2.22. The Morgan fingerprint density at radius 3 is 2.37 bits per heavy atom. The van der Waals surface area contributed by atoms with E-state index in [1.54, 1.807) is 11.8 Å². The number of hydrogen-bond acceptors (Lipinski definition) is 4. The number of hydrogen-bond donors (Lipinski definition) is 2. The zero-order chi connectivity index (χ0) is 14.3. The van der Waals surface area contributed by atoms with E-state index in [-0.39, 0.29) is 11.4 Å². The van der Waals surface area contributed by atoms with Crippen LogP contribution in [0.1, 0.15) is 32.4 Å². The lowest BCUT2D eigenvalue weighted by Gasteiger charge is -2.20. The first kappa shape index (κ1) is 16.3. The number of aliphatic hydroxyl groups is 1. The molecule has 3 nitrogen and oxygen atoms in total. The van der Waals surface area contributed by atoms with Crippen molar-refractivity contribution in [2.75, 3.05) is 19.4 Å². The summed E-state index contributed by atoms with van der Waals surface area (Å²) in [5.74, 6) is 1.85. The van der Waals surface area contributed by atoms with E-state index in [1.807, 2.05) is 33.0 Å². The summed E-state index contributed by atoms with van der Waals surface area (Å²) in [6.45, 7) is 6.57. The predicted octanol–water partition coefficient (Wildman–Crippen LogP) is 2.85. The Bertz CT molecular complexity index is 354. The summed E-state index contributed by atoms with van der Waals surface area (Å²) < 4.78 is 5.45. The summed E-state index contributed by atoms with van der Waals surface area (Å²) in [7, 11) is 1.97. The van der Waals surface area contributed by atoms with Gasteiger partial charge in [0.25, 0.3) is 0 Å². The molecule has 0 saturated heterocycles. The summed E-state index contributed by atoms with van der Waals surface area (Å²) >= 11 is 1.78. The molecular weight excluding hydrogens is 258 g/mol. The quantitative estimate of drug-likeness (QED) is 0.770. The molecule has 0 aliphatic rings. The van der Waals surface area contributed by atoms with Gasteiger partial charge < -0.3 is 15.2 Å². The maximum Gasteiger partial charge on any atom is 0.119 e. The van der Waals surface area contributed by atoms with Crippen molar-refractivity contribution in [3.05, 3.63) is 29.8 Å². The molecule has 1 aromatic rings. The molecule has 19 heavy (non-hydrogen) atoms. The van der Waals surface area contributed by atoms with Gasteiger partial charge in [0.15, 0.2) is 0 Å². The van der Waals surface area contributed by atoms with E-state index in [9.17, 15) is 5.11 Å². The van der Waals surface area contributed by atoms with E-state index in [2.05, 4.69) is 24.4 Å². The fourth-order valence-corrected chi connectivity index (χ4v) is 2.83. The van der Waals surface area contributed by atoms with Gasteiger partial charge in [0.2, 0.25) is 0 Å². The molecule has 0 heterocycles. The van der Waals surface area contributed by atoms with Crippen molar-refractivity contribution in [2.24, 2.45) is 0 Å². The smallest absolute Gasteiger partial charge is 0.119 e. The molecule has 0 aliphatic heterocycles. The number of rotatable bonds is 8. The largest absolute Gasteiger partial charge is 0.494 e. The fraction of sp³-hybridized carbons (Fsp3) is 0.600. The third kappa shape index (κ3) is 5.43. The van der Waals surface area contributed by atoms with Crippen LogP contribution >= 0.6 is 11.8 Å². The average Bonchev–Trinajstić information content (AvgIpc) is 2.41. The third-order valence-corrected chi connectivity index (χ3v) is 4.59. The number of ether oxygens (including phenoxy) is 1. The maximum atomic E-state index is 9.51. The van der Waals surface area contributed by atoms with Crippen molar-refractivity contribution in [3.63, 3.8) is 0 Å². The first-order valence-corrected chi connectivity index (χ1v) is 7.83. The van der Waals surface area contributed by atoms with Gasteiger partial charge in [-0.2, -0.15) is 11.8 Å². The summed E-state index contributed by atoms with van der Waals surface area (Å²) in [5, 5.41) is 13.1. The number of benzene rings is 1. The molecule has 0 fully saturated rings. The van der Waals surface area contributed by atoms with E-state index < -0.39 is 0 Å². The van der Waals surface area contributed by atoms with Gasteiger partial charge in [0.05, 0.1) is 12.7 Å². The SMILES string of the molecule is CCOc1ccc(C(CSC(C)C(C)O)NC)cc1. The molecule has 0 amide bonds. The van der Waals surface area contributed by atoms with Crippen LogP contribution in [0.15, 0.2) is 24.3 Å². The van der Waals surface area contributed by atoms with Crippen LogP contribution < -0.4 is 10.1 Å². The molecule has 1 rings (SSSR count). The summed E-state index contributed by atoms with van der Waals surface area (Å²) in [4.78, 5) is 0. The lowest BCUT2D eigenvalue weighted by molar-refractivity contribution is 0.196. The van der Waals surface area contributed by atoms with Crippen molar-refractivity contribution in [1.29, 1.82) is 0 Å². The zero-order valence-electron chi connectivity index (χ0n) is 12.2. The molecule has 3 atom stereocenters. The summed E-state index contributed by atoms with van der Waals surface area (Å²) in [6.07, 6.45) is -0.275. The van der Waals surface area contributed by atoms with Crippen LogP contribution in [0.2, 0.25) is 0 Å². The van der Waals surface area contributed by atoms with Gasteiger partial charge in [0.1, 0.15) is 5.75 Å². The van der Waals surface area contributed by atoms with E-state index in [0.717, 1.165) is 11.5 Å².